The van der Waals surface area contributed by atoms with E-state index in [1.807, 2.05) is 30.3 Å². The van der Waals surface area contributed by atoms with Gasteiger partial charge >= 0.3 is 0 Å². The van der Waals surface area contributed by atoms with E-state index in [9.17, 15) is 5.11 Å². The molecule has 1 saturated heterocycles. The maximum Gasteiger partial charge on any atom is 0.103 e. The first-order chi connectivity index (χ1) is 13.2. The number of hydrogen-bond acceptors (Lipinski definition) is 3. The molecule has 0 bridgehead atoms. The van der Waals surface area contributed by atoms with E-state index in [1.54, 1.807) is 0 Å². The minimum atomic E-state index is -0.834. The zero-order valence-corrected chi connectivity index (χ0v) is 18.1. The molecular weight excluding hydrogens is 368 g/mol. The Morgan fingerprint density at radius 2 is 1.36 bits per heavy atom. The molecule has 0 atom stereocenters. The zero-order chi connectivity index (χ0) is 20.2. The molecule has 0 unspecified atom stereocenters. The molecule has 1 saturated carbocycles. The van der Waals surface area contributed by atoms with Crippen molar-refractivity contribution < 1.29 is 5.11 Å². The smallest absolute Gasteiger partial charge is 0.103 e. The van der Waals surface area contributed by atoms with Crippen LogP contribution in [0.3, 0.4) is 0 Å². The number of benzene rings is 2. The number of halogens is 1. The monoisotopic (exact) mass is 398 g/mol. The van der Waals surface area contributed by atoms with Gasteiger partial charge in [0.15, 0.2) is 0 Å². The minimum Gasteiger partial charge on any atom is -0.384 e. The first-order valence-corrected chi connectivity index (χ1v) is 10.6. The molecular formula is C24H31ClN2O. The van der Waals surface area contributed by atoms with Crippen LogP contribution >= 0.6 is 11.6 Å². The van der Waals surface area contributed by atoms with Crippen molar-refractivity contribution in [1.82, 2.24) is 4.90 Å². The molecule has 1 N–H and O–H groups in total. The highest BCUT2D eigenvalue weighted by molar-refractivity contribution is 6.30. The lowest BCUT2D eigenvalue weighted by atomic mass is 9.39. The molecule has 1 heterocycles. The molecule has 2 aromatic rings. The van der Waals surface area contributed by atoms with Crippen LogP contribution in [0.1, 0.15) is 33.3 Å². The Kier molecular flexibility index (Phi) is 4.77. The first kappa shape index (κ1) is 19.8. The standard InChI is InChI=1S/C24H31ClN2O/c1-22(2)21(23(3,4)24(22,28)18-8-6-5-7-9-18)27-16-14-26(15-17-27)20-12-10-19(25)11-13-20/h5-13,21,28H,14-17H2,1-4H3. The van der Waals surface area contributed by atoms with Gasteiger partial charge in [0.05, 0.1) is 0 Å². The number of nitrogens with zero attached hydrogens (tertiary/aromatic N) is 2. The SMILES string of the molecule is CC1(C)C(N2CCN(c3ccc(Cl)cc3)CC2)C(C)(C)C1(O)c1ccccc1. The van der Waals surface area contributed by atoms with Crippen molar-refractivity contribution in [3.8, 4) is 0 Å². The predicted octanol–water partition coefficient (Wildman–Crippen LogP) is 4.78. The molecule has 0 radical (unpaired) electrons. The van der Waals surface area contributed by atoms with Crippen LogP contribution in [0.4, 0.5) is 5.69 Å². The van der Waals surface area contributed by atoms with Gasteiger partial charge in [-0.3, -0.25) is 4.90 Å². The molecule has 150 valence electrons. The Labute approximate surface area is 173 Å². The topological polar surface area (TPSA) is 26.7 Å². The lowest BCUT2D eigenvalue weighted by Gasteiger charge is -2.72. The summed E-state index contributed by atoms with van der Waals surface area (Å²) >= 11 is 6.03. The van der Waals surface area contributed by atoms with Crippen molar-refractivity contribution in [2.24, 2.45) is 10.8 Å². The van der Waals surface area contributed by atoms with Gasteiger partial charge in [-0.25, -0.2) is 0 Å². The van der Waals surface area contributed by atoms with E-state index >= 15 is 0 Å². The van der Waals surface area contributed by atoms with E-state index in [2.05, 4.69) is 61.8 Å². The van der Waals surface area contributed by atoms with Crippen LogP contribution in [0.15, 0.2) is 54.6 Å². The average Bonchev–Trinajstić information content (AvgIpc) is 2.68. The summed E-state index contributed by atoms with van der Waals surface area (Å²) in [4.78, 5) is 5.01. The van der Waals surface area contributed by atoms with Gasteiger partial charge in [0.1, 0.15) is 5.60 Å². The largest absolute Gasteiger partial charge is 0.384 e. The molecule has 0 aromatic heterocycles. The molecule has 4 rings (SSSR count). The fourth-order valence-corrected chi connectivity index (χ4v) is 6.40. The van der Waals surface area contributed by atoms with E-state index in [0.717, 1.165) is 36.8 Å². The molecule has 0 spiro atoms. The molecule has 2 aromatic carbocycles. The first-order valence-electron chi connectivity index (χ1n) is 10.2. The van der Waals surface area contributed by atoms with Crippen LogP contribution in [-0.4, -0.2) is 42.2 Å². The summed E-state index contributed by atoms with van der Waals surface area (Å²) < 4.78 is 0. The third-order valence-corrected chi connectivity index (χ3v) is 7.55. The van der Waals surface area contributed by atoms with Crippen LogP contribution in [0.5, 0.6) is 0 Å². The lowest BCUT2D eigenvalue weighted by Crippen LogP contribution is -2.79. The Hall–Kier alpha value is -1.55. The number of rotatable bonds is 3. The molecule has 2 aliphatic rings. The summed E-state index contributed by atoms with van der Waals surface area (Å²) in [6.45, 7) is 12.9. The van der Waals surface area contributed by atoms with E-state index in [4.69, 9.17) is 11.6 Å². The van der Waals surface area contributed by atoms with E-state index in [-0.39, 0.29) is 10.8 Å². The average molecular weight is 399 g/mol. The van der Waals surface area contributed by atoms with Crippen molar-refractivity contribution in [3.63, 3.8) is 0 Å². The lowest BCUT2D eigenvalue weighted by molar-refractivity contribution is -0.307. The van der Waals surface area contributed by atoms with Crippen LogP contribution in [0.2, 0.25) is 5.02 Å². The van der Waals surface area contributed by atoms with E-state index < -0.39 is 5.60 Å². The highest BCUT2D eigenvalue weighted by Crippen LogP contribution is 2.68. The molecule has 1 aliphatic carbocycles. The van der Waals surface area contributed by atoms with Gasteiger partial charge in [-0.15, -0.1) is 0 Å². The maximum atomic E-state index is 11.8. The predicted molar refractivity (Wildman–Crippen MR) is 117 cm³/mol. The number of aliphatic hydroxyl groups is 1. The van der Waals surface area contributed by atoms with Crippen LogP contribution in [0.25, 0.3) is 0 Å². The van der Waals surface area contributed by atoms with E-state index in [0.29, 0.717) is 6.04 Å². The van der Waals surface area contributed by atoms with Gasteiger partial charge in [-0.1, -0.05) is 69.6 Å². The summed E-state index contributed by atoms with van der Waals surface area (Å²) in [6, 6.07) is 18.7. The summed E-state index contributed by atoms with van der Waals surface area (Å²) in [5.41, 5.74) is 0.984. The molecule has 1 aliphatic heterocycles. The molecule has 4 heteroatoms. The van der Waals surface area contributed by atoms with Gasteiger partial charge in [0, 0.05) is 53.8 Å². The molecule has 2 fully saturated rings. The molecule has 28 heavy (non-hydrogen) atoms. The number of hydrogen-bond donors (Lipinski definition) is 1. The second-order valence-electron chi connectivity index (χ2n) is 9.42. The highest BCUT2D eigenvalue weighted by atomic mass is 35.5. The van der Waals surface area contributed by atoms with Gasteiger partial charge in [-0.05, 0) is 29.8 Å². The minimum absolute atomic E-state index is 0.222. The van der Waals surface area contributed by atoms with Crippen LogP contribution in [0, 0.1) is 10.8 Å². The third-order valence-electron chi connectivity index (χ3n) is 7.29. The van der Waals surface area contributed by atoms with Crippen molar-refractivity contribution in [2.45, 2.75) is 39.3 Å². The van der Waals surface area contributed by atoms with Gasteiger partial charge in [-0.2, -0.15) is 0 Å². The fraction of sp³-hybridized carbons (Fsp3) is 0.500. The summed E-state index contributed by atoms with van der Waals surface area (Å²) in [5.74, 6) is 0. The second kappa shape index (κ2) is 6.76. The summed E-state index contributed by atoms with van der Waals surface area (Å²) in [7, 11) is 0. The van der Waals surface area contributed by atoms with Crippen molar-refractivity contribution in [2.75, 3.05) is 31.1 Å². The van der Waals surface area contributed by atoms with Crippen LogP contribution in [-0.2, 0) is 5.60 Å². The Morgan fingerprint density at radius 3 is 1.89 bits per heavy atom. The molecule has 3 nitrogen and oxygen atoms in total. The Bertz CT molecular complexity index is 807. The summed E-state index contributed by atoms with van der Waals surface area (Å²) in [5, 5.41) is 12.6. The third kappa shape index (κ3) is 2.71. The van der Waals surface area contributed by atoms with E-state index in [1.165, 1.54) is 5.69 Å². The van der Waals surface area contributed by atoms with Gasteiger partial charge in [0.25, 0.3) is 0 Å². The fourth-order valence-electron chi connectivity index (χ4n) is 6.28. The van der Waals surface area contributed by atoms with Crippen molar-refractivity contribution in [3.05, 3.63) is 65.2 Å². The maximum absolute atomic E-state index is 11.8. The second-order valence-corrected chi connectivity index (χ2v) is 9.86. The zero-order valence-electron chi connectivity index (χ0n) is 17.3. The number of piperazine rings is 1. The summed E-state index contributed by atoms with van der Waals surface area (Å²) in [6.07, 6.45) is 0. The van der Waals surface area contributed by atoms with Crippen molar-refractivity contribution >= 4 is 17.3 Å². The highest BCUT2D eigenvalue weighted by Gasteiger charge is 2.73. The normalized spacial score (nSPS) is 29.4. The number of anilines is 1. The van der Waals surface area contributed by atoms with Gasteiger partial charge in [0.2, 0.25) is 0 Å². The van der Waals surface area contributed by atoms with Crippen molar-refractivity contribution in [1.29, 1.82) is 0 Å². The van der Waals surface area contributed by atoms with Crippen LogP contribution < -0.4 is 4.90 Å². The Morgan fingerprint density at radius 1 is 0.821 bits per heavy atom. The van der Waals surface area contributed by atoms with Gasteiger partial charge < -0.3 is 10.0 Å². The molecule has 0 amide bonds. The quantitative estimate of drug-likeness (QED) is 0.805. The Balaban J connectivity index is 1.52.